The zero-order chi connectivity index (χ0) is 20.1. The van der Waals surface area contributed by atoms with Gasteiger partial charge >= 0.3 is 6.03 Å². The van der Waals surface area contributed by atoms with Crippen LogP contribution in [0.25, 0.3) is 5.69 Å². The number of carbonyl (C=O) groups excluding carboxylic acids is 2. The van der Waals surface area contributed by atoms with Crippen LogP contribution < -0.4 is 16.4 Å². The van der Waals surface area contributed by atoms with E-state index in [4.69, 9.17) is 5.73 Å². The number of aromatic nitrogens is 2. The van der Waals surface area contributed by atoms with E-state index in [0.717, 1.165) is 10.8 Å². The molecule has 0 unspecified atom stereocenters. The van der Waals surface area contributed by atoms with Crippen molar-refractivity contribution < 1.29 is 9.59 Å². The number of rotatable bonds is 6. The molecule has 0 spiro atoms. The van der Waals surface area contributed by atoms with Gasteiger partial charge in [-0.15, -0.1) is 0 Å². The fraction of sp³-hybridized carbons (Fsp3) is 0.150. The van der Waals surface area contributed by atoms with Gasteiger partial charge in [0.25, 0.3) is 0 Å². The van der Waals surface area contributed by atoms with Gasteiger partial charge in [0.15, 0.2) is 5.16 Å². The lowest BCUT2D eigenvalue weighted by atomic mass is 10.1. The molecule has 4 N–H and O–H groups in total. The van der Waals surface area contributed by atoms with E-state index < -0.39 is 6.03 Å². The van der Waals surface area contributed by atoms with E-state index in [0.29, 0.717) is 11.4 Å². The molecule has 28 heavy (non-hydrogen) atoms. The van der Waals surface area contributed by atoms with Crippen LogP contribution in [0.5, 0.6) is 0 Å². The number of nitrogens with one attached hydrogen (secondary N) is 2. The third-order valence-corrected chi connectivity index (χ3v) is 4.80. The Morgan fingerprint density at radius 3 is 2.43 bits per heavy atom. The van der Waals surface area contributed by atoms with Crippen molar-refractivity contribution >= 4 is 35.1 Å². The Balaban J connectivity index is 1.64. The maximum Gasteiger partial charge on any atom is 0.316 e. The summed E-state index contributed by atoms with van der Waals surface area (Å²) in [6, 6.07) is 12.4. The Morgan fingerprint density at radius 1 is 1.07 bits per heavy atom. The average molecular weight is 395 g/mol. The summed E-state index contributed by atoms with van der Waals surface area (Å²) in [7, 11) is 0. The Labute approximate surface area is 167 Å². The minimum atomic E-state index is -0.655. The maximum atomic E-state index is 12.3. The Kier molecular flexibility index (Phi) is 6.00. The highest BCUT2D eigenvalue weighted by Gasteiger charge is 2.10. The summed E-state index contributed by atoms with van der Waals surface area (Å²) >= 11 is 1.35. The molecule has 0 radical (unpaired) electrons. The van der Waals surface area contributed by atoms with Crippen molar-refractivity contribution in [1.82, 2.24) is 9.55 Å². The molecule has 0 aliphatic heterocycles. The number of hydrogen-bond acceptors (Lipinski definition) is 4. The molecule has 0 atom stereocenters. The first-order chi connectivity index (χ1) is 13.4. The van der Waals surface area contributed by atoms with Gasteiger partial charge in [0.2, 0.25) is 5.91 Å². The van der Waals surface area contributed by atoms with E-state index in [-0.39, 0.29) is 11.7 Å². The van der Waals surface area contributed by atoms with Crippen LogP contribution in [0, 0.1) is 13.8 Å². The minimum absolute atomic E-state index is 0.170. The second-order valence-corrected chi connectivity index (χ2v) is 7.28. The molecule has 0 saturated carbocycles. The standard InChI is InChI=1S/C20H21N5O2S/c1-13-8-14(2)10-17(9-13)25-7-6-22-20(25)28-12-18(26)23-15-4-3-5-16(11-15)24-19(21)27/h3-11H,12H2,1-2H3,(H,23,26)(H3,21,24,27). The quantitative estimate of drug-likeness (QED) is 0.554. The number of aryl methyl sites for hydroxylation is 2. The Morgan fingerprint density at radius 2 is 1.75 bits per heavy atom. The van der Waals surface area contributed by atoms with Crippen LogP contribution in [0.3, 0.4) is 0 Å². The van der Waals surface area contributed by atoms with E-state index in [2.05, 4.69) is 47.7 Å². The molecule has 144 valence electrons. The second-order valence-electron chi connectivity index (χ2n) is 6.33. The van der Waals surface area contributed by atoms with E-state index in [1.807, 2.05) is 10.8 Å². The number of primary amides is 1. The zero-order valence-corrected chi connectivity index (χ0v) is 16.4. The number of thioether (sulfide) groups is 1. The Hall–Kier alpha value is -3.26. The molecule has 0 saturated heterocycles. The zero-order valence-electron chi connectivity index (χ0n) is 15.6. The number of amides is 3. The number of benzene rings is 2. The number of urea groups is 1. The predicted molar refractivity (Wildman–Crippen MR) is 112 cm³/mol. The number of nitrogens with zero attached hydrogens (tertiary/aromatic N) is 2. The first-order valence-electron chi connectivity index (χ1n) is 8.62. The molecule has 3 amide bonds. The first kappa shape index (κ1) is 19.5. The number of hydrogen-bond donors (Lipinski definition) is 3. The van der Waals surface area contributed by atoms with E-state index >= 15 is 0 Å². The topological polar surface area (TPSA) is 102 Å². The van der Waals surface area contributed by atoms with Crippen molar-refractivity contribution in [3.8, 4) is 5.69 Å². The highest BCUT2D eigenvalue weighted by atomic mass is 32.2. The second kappa shape index (κ2) is 8.62. The number of anilines is 2. The molecule has 8 heteroatoms. The van der Waals surface area contributed by atoms with Crippen molar-refractivity contribution in [3.63, 3.8) is 0 Å². The summed E-state index contributed by atoms with van der Waals surface area (Å²) in [5.41, 5.74) is 9.56. The van der Waals surface area contributed by atoms with Crippen LogP contribution >= 0.6 is 11.8 Å². The monoisotopic (exact) mass is 395 g/mol. The molecular weight excluding hydrogens is 374 g/mol. The molecule has 1 heterocycles. The van der Waals surface area contributed by atoms with Crippen molar-refractivity contribution in [2.45, 2.75) is 19.0 Å². The van der Waals surface area contributed by atoms with Crippen LogP contribution in [0.4, 0.5) is 16.2 Å². The lowest BCUT2D eigenvalue weighted by Crippen LogP contribution is -2.19. The number of carbonyl (C=O) groups is 2. The molecule has 1 aromatic heterocycles. The smallest absolute Gasteiger partial charge is 0.316 e. The summed E-state index contributed by atoms with van der Waals surface area (Å²) < 4.78 is 1.97. The van der Waals surface area contributed by atoms with Gasteiger partial charge in [0.1, 0.15) is 0 Å². The largest absolute Gasteiger partial charge is 0.351 e. The van der Waals surface area contributed by atoms with Crippen LogP contribution in [0.1, 0.15) is 11.1 Å². The lowest BCUT2D eigenvalue weighted by Gasteiger charge is -2.10. The maximum absolute atomic E-state index is 12.3. The van der Waals surface area contributed by atoms with Gasteiger partial charge in [-0.3, -0.25) is 9.36 Å². The molecule has 0 bridgehead atoms. The van der Waals surface area contributed by atoms with Crippen LogP contribution in [0.2, 0.25) is 0 Å². The van der Waals surface area contributed by atoms with Crippen molar-refractivity contribution in [2.24, 2.45) is 5.73 Å². The van der Waals surface area contributed by atoms with Crippen molar-refractivity contribution in [3.05, 3.63) is 66.0 Å². The van der Waals surface area contributed by atoms with Gasteiger partial charge in [-0.05, 0) is 55.3 Å². The summed E-state index contributed by atoms with van der Waals surface area (Å²) in [5, 5.41) is 6.02. The SMILES string of the molecule is Cc1cc(C)cc(-n2ccnc2SCC(=O)Nc2cccc(NC(N)=O)c2)c1. The van der Waals surface area contributed by atoms with Crippen LogP contribution in [-0.4, -0.2) is 27.2 Å². The molecule has 3 rings (SSSR count). The molecule has 0 aliphatic rings. The summed E-state index contributed by atoms with van der Waals surface area (Å²) in [4.78, 5) is 27.6. The van der Waals surface area contributed by atoms with Crippen LogP contribution in [-0.2, 0) is 4.79 Å². The third-order valence-electron chi connectivity index (χ3n) is 3.84. The molecule has 0 fully saturated rings. The fourth-order valence-corrected chi connectivity index (χ4v) is 3.60. The third kappa shape index (κ3) is 5.14. The van der Waals surface area contributed by atoms with Gasteiger partial charge in [0, 0.05) is 29.5 Å². The number of imidazole rings is 1. The predicted octanol–water partition coefficient (Wildman–Crippen LogP) is 3.71. The van der Waals surface area contributed by atoms with E-state index in [1.165, 1.54) is 22.9 Å². The fourth-order valence-electron chi connectivity index (χ4n) is 2.83. The molecule has 0 aliphatic carbocycles. The molecule has 7 nitrogen and oxygen atoms in total. The summed E-state index contributed by atoms with van der Waals surface area (Å²) in [5.74, 6) is 0.0335. The minimum Gasteiger partial charge on any atom is -0.351 e. The van der Waals surface area contributed by atoms with Crippen molar-refractivity contribution in [2.75, 3.05) is 16.4 Å². The summed E-state index contributed by atoms with van der Waals surface area (Å²) in [6.07, 6.45) is 3.60. The molecular formula is C20H21N5O2S. The molecule has 2 aromatic carbocycles. The highest BCUT2D eigenvalue weighted by Crippen LogP contribution is 2.23. The number of nitrogens with two attached hydrogens (primary N) is 1. The highest BCUT2D eigenvalue weighted by molar-refractivity contribution is 7.99. The van der Waals surface area contributed by atoms with Gasteiger partial charge in [-0.2, -0.15) is 0 Å². The summed E-state index contributed by atoms with van der Waals surface area (Å²) in [6.45, 7) is 4.10. The normalized spacial score (nSPS) is 10.5. The molecule has 3 aromatic rings. The first-order valence-corrected chi connectivity index (χ1v) is 9.60. The van der Waals surface area contributed by atoms with Gasteiger partial charge < -0.3 is 16.4 Å². The van der Waals surface area contributed by atoms with E-state index in [1.54, 1.807) is 30.5 Å². The van der Waals surface area contributed by atoms with Gasteiger partial charge in [-0.25, -0.2) is 9.78 Å². The van der Waals surface area contributed by atoms with E-state index in [9.17, 15) is 9.59 Å². The van der Waals surface area contributed by atoms with Gasteiger partial charge in [0.05, 0.1) is 5.75 Å². The lowest BCUT2D eigenvalue weighted by molar-refractivity contribution is -0.113. The van der Waals surface area contributed by atoms with Crippen LogP contribution in [0.15, 0.2) is 60.0 Å². The Bertz CT molecular complexity index is 995. The van der Waals surface area contributed by atoms with Gasteiger partial charge in [-0.1, -0.05) is 23.9 Å². The van der Waals surface area contributed by atoms with Crippen molar-refractivity contribution in [1.29, 1.82) is 0 Å². The average Bonchev–Trinajstić information content (AvgIpc) is 3.07.